The van der Waals surface area contributed by atoms with E-state index in [0.717, 1.165) is 5.57 Å². The molecule has 1 aliphatic rings. The van der Waals surface area contributed by atoms with E-state index in [1.165, 1.54) is 0 Å². The van der Waals surface area contributed by atoms with Crippen molar-refractivity contribution in [2.75, 3.05) is 12.0 Å². The van der Waals surface area contributed by atoms with Crippen LogP contribution in [0.1, 0.15) is 0 Å². The second-order valence-electron chi connectivity index (χ2n) is 2.03. The number of allylic oxidation sites excluding steroid dienone is 5. The van der Waals surface area contributed by atoms with Crippen LogP contribution >= 0.6 is 11.8 Å². The van der Waals surface area contributed by atoms with Gasteiger partial charge in [0, 0.05) is 22.8 Å². The molecule has 5 heteroatoms. The minimum Gasteiger partial charge on any atom is 0 e. The smallest absolute Gasteiger partial charge is 0 e. The summed E-state index contributed by atoms with van der Waals surface area (Å²) in [5.41, 5.74) is 0.828. The van der Waals surface area contributed by atoms with Crippen molar-refractivity contribution >= 4 is 11.8 Å². The molecule has 0 unspecified atom stereocenters. The van der Waals surface area contributed by atoms with E-state index in [1.54, 1.807) is 11.8 Å². The van der Waals surface area contributed by atoms with Gasteiger partial charge in [0.2, 0.25) is 0 Å². The number of thioether (sulfide) groups is 1. The molecule has 0 atom stereocenters. The second-order valence-corrected chi connectivity index (χ2v) is 2.90. The number of hydrogen-bond acceptors (Lipinski definition) is 2. The Labute approximate surface area is 104 Å². The molecular weight excluding hydrogens is 255 g/mol. The standard InChI is InChI=1S/C8H10OS.2CO.Mn/c1-10-6-8(9)7-4-2-3-5-7;2*1-2;/h2-5,9H,6H2,1H3;;;/p-1. The Morgan fingerprint density at radius 1 is 1.27 bits per heavy atom. The van der Waals surface area contributed by atoms with Gasteiger partial charge in [0.25, 0.3) is 0 Å². The fraction of sp³-hybridized carbons (Fsp3) is 0.200. The summed E-state index contributed by atoms with van der Waals surface area (Å²) in [7, 11) is 0. The predicted molar refractivity (Wildman–Crippen MR) is 51.5 cm³/mol. The molecule has 0 aromatic carbocycles. The molecule has 15 heavy (non-hydrogen) atoms. The first-order valence-corrected chi connectivity index (χ1v) is 4.88. The van der Waals surface area contributed by atoms with E-state index in [1.807, 2.05) is 30.6 Å². The summed E-state index contributed by atoms with van der Waals surface area (Å²) >= 11 is 1.56. The maximum Gasteiger partial charge on any atom is 0 e. The van der Waals surface area contributed by atoms with Gasteiger partial charge in [-0.25, -0.2) is 0 Å². The average Bonchev–Trinajstić information content (AvgIpc) is 2.77. The largest absolute Gasteiger partial charge is 0 e. The maximum atomic E-state index is 11.1. The van der Waals surface area contributed by atoms with Gasteiger partial charge in [0.05, 0.1) is 0 Å². The summed E-state index contributed by atoms with van der Waals surface area (Å²) in [5, 5.41) is 11.1. The molecule has 3 nitrogen and oxygen atoms in total. The topological polar surface area (TPSA) is 62.9 Å². The molecule has 0 amide bonds. The van der Waals surface area contributed by atoms with E-state index in [0.29, 0.717) is 5.75 Å². The third kappa shape index (κ3) is 9.67. The van der Waals surface area contributed by atoms with Crippen LogP contribution in [-0.4, -0.2) is 12.0 Å². The van der Waals surface area contributed by atoms with E-state index >= 15 is 0 Å². The molecule has 0 N–H and O–H groups in total. The van der Waals surface area contributed by atoms with Crippen LogP contribution in [0.2, 0.25) is 0 Å². The Kier molecular flexibility index (Phi) is 21.0. The van der Waals surface area contributed by atoms with Gasteiger partial charge in [-0.05, 0) is 11.8 Å². The molecular formula is C10H9MnO3S-. The van der Waals surface area contributed by atoms with Crippen LogP contribution in [0, 0.1) is 13.3 Å². The molecule has 0 heterocycles. The van der Waals surface area contributed by atoms with E-state index < -0.39 is 0 Å². The molecule has 0 aromatic heterocycles. The van der Waals surface area contributed by atoms with Gasteiger partial charge < -0.3 is 5.11 Å². The van der Waals surface area contributed by atoms with Gasteiger partial charge in [0.15, 0.2) is 0 Å². The van der Waals surface area contributed by atoms with Crippen molar-refractivity contribution in [3.05, 3.63) is 48.9 Å². The Bertz CT molecular complexity index is 257. The van der Waals surface area contributed by atoms with Gasteiger partial charge >= 0.3 is 22.6 Å². The van der Waals surface area contributed by atoms with Crippen molar-refractivity contribution in [1.29, 1.82) is 0 Å². The molecule has 81 valence electrons. The van der Waals surface area contributed by atoms with Crippen molar-refractivity contribution in [3.8, 4) is 0 Å². The van der Waals surface area contributed by atoms with E-state index in [9.17, 15) is 5.11 Å². The van der Waals surface area contributed by atoms with Gasteiger partial charge in [0.1, 0.15) is 0 Å². The summed E-state index contributed by atoms with van der Waals surface area (Å²) in [4.78, 5) is 0. The first-order chi connectivity index (χ1) is 6.84. The van der Waals surface area contributed by atoms with Crippen LogP contribution in [0.4, 0.5) is 0 Å². The summed E-state index contributed by atoms with van der Waals surface area (Å²) in [6, 6.07) is 0. The predicted octanol–water partition coefficient (Wildman–Crippen LogP) is 1.01. The molecule has 0 bridgehead atoms. The Morgan fingerprint density at radius 2 is 1.67 bits per heavy atom. The zero-order valence-electron chi connectivity index (χ0n) is 8.03. The van der Waals surface area contributed by atoms with Gasteiger partial charge in [-0.2, -0.15) is 11.8 Å². The van der Waals surface area contributed by atoms with Crippen molar-refractivity contribution in [3.63, 3.8) is 0 Å². The van der Waals surface area contributed by atoms with Gasteiger partial charge in [-0.15, -0.1) is 5.76 Å². The van der Waals surface area contributed by atoms with Crippen LogP contribution in [0.3, 0.4) is 0 Å². The van der Waals surface area contributed by atoms with Crippen LogP contribution in [0.15, 0.2) is 35.6 Å². The Balaban J connectivity index is -0.000000258. The van der Waals surface area contributed by atoms with Crippen LogP contribution in [0.25, 0.3) is 0 Å². The fourth-order valence-electron chi connectivity index (χ4n) is 0.774. The summed E-state index contributed by atoms with van der Waals surface area (Å²) in [5.74, 6) is 0.807. The molecule has 0 aliphatic heterocycles. The SMILES string of the molecule is CSCC([O-])=C1C=CC=C1.[C-]#[O+].[C-]#[O+].[Mn]. The van der Waals surface area contributed by atoms with Crippen molar-refractivity contribution in [1.82, 2.24) is 0 Å². The first-order valence-electron chi connectivity index (χ1n) is 3.49. The van der Waals surface area contributed by atoms with E-state index in [4.69, 9.17) is 9.30 Å². The summed E-state index contributed by atoms with van der Waals surface area (Å²) in [6.45, 7) is 9.00. The average molecular weight is 264 g/mol. The fourth-order valence-corrected chi connectivity index (χ4v) is 1.20. The molecule has 0 fully saturated rings. The molecule has 1 rings (SSSR count). The van der Waals surface area contributed by atoms with Gasteiger partial charge in [-0.1, -0.05) is 24.3 Å². The minimum absolute atomic E-state index is 0. The molecule has 0 saturated heterocycles. The quantitative estimate of drug-likeness (QED) is 0.323. The minimum atomic E-state index is 0. The maximum absolute atomic E-state index is 11.1. The van der Waals surface area contributed by atoms with Crippen LogP contribution in [0.5, 0.6) is 0 Å². The molecule has 1 radical (unpaired) electrons. The van der Waals surface area contributed by atoms with E-state index in [2.05, 4.69) is 13.3 Å². The molecule has 1 aliphatic carbocycles. The summed E-state index contributed by atoms with van der Waals surface area (Å²) < 4.78 is 15.0. The third-order valence-electron chi connectivity index (χ3n) is 1.26. The third-order valence-corrected chi connectivity index (χ3v) is 1.81. The first kappa shape index (κ1) is 19.9. The molecule has 0 aromatic rings. The number of rotatable bonds is 2. The van der Waals surface area contributed by atoms with Crippen molar-refractivity contribution in [2.24, 2.45) is 0 Å². The Hall–Kier alpha value is -0.631. The monoisotopic (exact) mass is 264 g/mol. The van der Waals surface area contributed by atoms with Crippen LogP contribution in [-0.2, 0) is 26.4 Å². The summed E-state index contributed by atoms with van der Waals surface area (Å²) in [6.07, 6.45) is 9.39. The Morgan fingerprint density at radius 3 is 2.00 bits per heavy atom. The second kappa shape index (κ2) is 15.8. The number of hydrogen-bond donors (Lipinski definition) is 0. The van der Waals surface area contributed by atoms with Gasteiger partial charge in [-0.3, -0.25) is 0 Å². The zero-order valence-corrected chi connectivity index (χ0v) is 10.0. The van der Waals surface area contributed by atoms with E-state index in [-0.39, 0.29) is 22.8 Å². The molecule has 0 spiro atoms. The van der Waals surface area contributed by atoms with Crippen molar-refractivity contribution in [2.45, 2.75) is 0 Å². The zero-order chi connectivity index (χ0) is 11.4. The normalized spacial score (nSPS) is 10.1. The van der Waals surface area contributed by atoms with Crippen LogP contribution < -0.4 is 5.11 Å². The molecule has 0 saturated carbocycles. The van der Waals surface area contributed by atoms with Crippen molar-refractivity contribution < 1.29 is 31.5 Å².